The number of ether oxygens (including phenoxy) is 1. The van der Waals surface area contributed by atoms with Crippen LogP contribution in [-0.2, 0) is 11.2 Å². The number of benzene rings is 1. The third-order valence-electron chi connectivity index (χ3n) is 3.44. The van der Waals surface area contributed by atoms with E-state index in [1.54, 1.807) is 6.07 Å². The fourth-order valence-corrected chi connectivity index (χ4v) is 2.23. The highest BCUT2D eigenvalue weighted by atomic mass is 16.5. The minimum atomic E-state index is -0.646. The SMILES string of the molecule is CC(CCO)NCC(O)COc1cccc2c1CC(=O)N2. The number of anilines is 1. The summed E-state index contributed by atoms with van der Waals surface area (Å²) < 4.78 is 5.62. The van der Waals surface area contributed by atoms with Gasteiger partial charge in [-0.1, -0.05) is 6.07 Å². The number of aliphatic hydroxyl groups excluding tert-OH is 2. The maximum absolute atomic E-state index is 11.4. The van der Waals surface area contributed by atoms with Crippen molar-refractivity contribution in [3.05, 3.63) is 23.8 Å². The minimum Gasteiger partial charge on any atom is -0.490 e. The van der Waals surface area contributed by atoms with Crippen LogP contribution in [0.3, 0.4) is 0 Å². The number of hydrogen-bond acceptors (Lipinski definition) is 5. The number of rotatable bonds is 8. The van der Waals surface area contributed by atoms with Crippen LogP contribution in [0.4, 0.5) is 5.69 Å². The van der Waals surface area contributed by atoms with Crippen LogP contribution in [0.15, 0.2) is 18.2 Å². The maximum atomic E-state index is 11.4. The van der Waals surface area contributed by atoms with Gasteiger partial charge in [0.1, 0.15) is 18.5 Å². The van der Waals surface area contributed by atoms with Crippen LogP contribution in [-0.4, -0.2) is 48.0 Å². The van der Waals surface area contributed by atoms with Gasteiger partial charge in [-0.2, -0.15) is 0 Å². The Kier molecular flexibility index (Phi) is 5.55. The Morgan fingerprint density at radius 1 is 1.48 bits per heavy atom. The molecule has 1 aliphatic rings. The molecule has 0 bridgehead atoms. The van der Waals surface area contributed by atoms with Crippen molar-refractivity contribution in [3.8, 4) is 5.75 Å². The molecule has 1 aliphatic heterocycles. The van der Waals surface area contributed by atoms with Crippen LogP contribution in [0.5, 0.6) is 5.75 Å². The summed E-state index contributed by atoms with van der Waals surface area (Å²) in [7, 11) is 0. The minimum absolute atomic E-state index is 0.0407. The third kappa shape index (κ3) is 4.42. The highest BCUT2D eigenvalue weighted by molar-refractivity contribution is 6.00. The molecule has 0 saturated heterocycles. The van der Waals surface area contributed by atoms with Gasteiger partial charge in [0, 0.05) is 30.4 Å². The Labute approximate surface area is 124 Å². The lowest BCUT2D eigenvalue weighted by molar-refractivity contribution is -0.115. The van der Waals surface area contributed by atoms with Crippen molar-refractivity contribution in [2.24, 2.45) is 0 Å². The standard InChI is InChI=1S/C15H22N2O4/c1-10(5-6-18)16-8-11(19)9-21-14-4-2-3-13-12(14)7-15(20)17-13/h2-4,10-11,16,18-19H,5-9H2,1H3,(H,17,20). The first-order chi connectivity index (χ1) is 10.1. The highest BCUT2D eigenvalue weighted by Crippen LogP contribution is 2.31. The van der Waals surface area contributed by atoms with Crippen LogP contribution in [0.25, 0.3) is 0 Å². The summed E-state index contributed by atoms with van der Waals surface area (Å²) in [5, 5.41) is 24.6. The van der Waals surface area contributed by atoms with E-state index in [0.29, 0.717) is 25.1 Å². The van der Waals surface area contributed by atoms with E-state index in [0.717, 1.165) is 11.3 Å². The predicted molar refractivity (Wildman–Crippen MR) is 79.4 cm³/mol. The summed E-state index contributed by atoms with van der Waals surface area (Å²) in [6.07, 6.45) is 0.313. The molecular weight excluding hydrogens is 272 g/mol. The maximum Gasteiger partial charge on any atom is 0.229 e. The molecule has 0 aromatic heterocycles. The van der Waals surface area contributed by atoms with Gasteiger partial charge < -0.3 is 25.6 Å². The number of nitrogens with one attached hydrogen (secondary N) is 2. The molecular formula is C15H22N2O4. The van der Waals surface area contributed by atoms with E-state index >= 15 is 0 Å². The first-order valence-electron chi connectivity index (χ1n) is 7.17. The largest absolute Gasteiger partial charge is 0.490 e. The van der Waals surface area contributed by atoms with E-state index < -0.39 is 6.10 Å². The van der Waals surface area contributed by atoms with E-state index in [2.05, 4.69) is 10.6 Å². The van der Waals surface area contributed by atoms with Gasteiger partial charge in [-0.25, -0.2) is 0 Å². The molecule has 2 atom stereocenters. The number of amides is 1. The molecule has 21 heavy (non-hydrogen) atoms. The smallest absolute Gasteiger partial charge is 0.229 e. The molecule has 6 heteroatoms. The average Bonchev–Trinajstić information content (AvgIpc) is 2.84. The van der Waals surface area contributed by atoms with Crippen LogP contribution in [0, 0.1) is 0 Å². The van der Waals surface area contributed by atoms with Gasteiger partial charge in [0.25, 0.3) is 0 Å². The van der Waals surface area contributed by atoms with Gasteiger partial charge in [0.2, 0.25) is 5.91 Å². The summed E-state index contributed by atoms with van der Waals surface area (Å²) in [5.74, 6) is 0.592. The van der Waals surface area contributed by atoms with E-state index in [1.807, 2.05) is 19.1 Å². The van der Waals surface area contributed by atoms with Gasteiger partial charge in [0.05, 0.1) is 6.42 Å². The molecule has 1 amide bonds. The van der Waals surface area contributed by atoms with E-state index in [1.165, 1.54) is 0 Å². The first-order valence-corrected chi connectivity index (χ1v) is 7.17. The lowest BCUT2D eigenvalue weighted by atomic mass is 10.1. The summed E-state index contributed by atoms with van der Waals surface area (Å²) in [4.78, 5) is 11.4. The topological polar surface area (TPSA) is 90.8 Å². The average molecular weight is 294 g/mol. The summed E-state index contributed by atoms with van der Waals surface area (Å²) in [6.45, 7) is 2.62. The number of fused-ring (bicyclic) bond motifs is 1. The van der Waals surface area contributed by atoms with Crippen LogP contribution in [0.1, 0.15) is 18.9 Å². The first kappa shape index (κ1) is 15.8. The molecule has 6 nitrogen and oxygen atoms in total. The van der Waals surface area contributed by atoms with E-state index in [9.17, 15) is 9.90 Å². The van der Waals surface area contributed by atoms with Crippen molar-refractivity contribution in [2.75, 3.05) is 25.1 Å². The Balaban J connectivity index is 1.81. The van der Waals surface area contributed by atoms with E-state index in [4.69, 9.17) is 9.84 Å². The predicted octanol–water partition coefficient (Wildman–Crippen LogP) is 0.281. The van der Waals surface area contributed by atoms with Crippen LogP contribution >= 0.6 is 0 Å². The lowest BCUT2D eigenvalue weighted by Gasteiger charge is -2.17. The van der Waals surface area contributed by atoms with E-state index in [-0.39, 0.29) is 25.2 Å². The van der Waals surface area contributed by atoms with Gasteiger partial charge in [-0.3, -0.25) is 4.79 Å². The quantitative estimate of drug-likeness (QED) is 0.553. The number of aliphatic hydroxyl groups is 2. The zero-order valence-corrected chi connectivity index (χ0v) is 12.1. The van der Waals surface area contributed by atoms with Crippen LogP contribution in [0.2, 0.25) is 0 Å². The molecule has 0 aliphatic carbocycles. The Bertz CT molecular complexity index is 493. The molecule has 0 fully saturated rings. The number of carbonyl (C=O) groups excluding carboxylic acids is 1. The Morgan fingerprint density at radius 3 is 3.05 bits per heavy atom. The fraction of sp³-hybridized carbons (Fsp3) is 0.533. The van der Waals surface area contributed by atoms with Gasteiger partial charge in [-0.15, -0.1) is 0 Å². The highest BCUT2D eigenvalue weighted by Gasteiger charge is 2.21. The molecule has 0 saturated carbocycles. The Hall–Kier alpha value is -1.63. The van der Waals surface area contributed by atoms with Gasteiger partial charge in [-0.05, 0) is 25.5 Å². The molecule has 4 N–H and O–H groups in total. The molecule has 2 unspecified atom stereocenters. The van der Waals surface area contributed by atoms with Crippen molar-refractivity contribution in [2.45, 2.75) is 31.9 Å². The van der Waals surface area contributed by atoms with Crippen molar-refractivity contribution < 1.29 is 19.7 Å². The summed E-state index contributed by atoms with van der Waals surface area (Å²) in [6, 6.07) is 5.59. The normalized spacial score (nSPS) is 16.2. The lowest BCUT2D eigenvalue weighted by Crippen LogP contribution is -2.37. The number of hydrogen-bond donors (Lipinski definition) is 4. The third-order valence-corrected chi connectivity index (χ3v) is 3.44. The summed E-state index contributed by atoms with van der Waals surface area (Å²) >= 11 is 0. The molecule has 1 heterocycles. The van der Waals surface area contributed by atoms with Crippen LogP contribution < -0.4 is 15.4 Å². The second-order valence-electron chi connectivity index (χ2n) is 5.29. The zero-order valence-electron chi connectivity index (χ0n) is 12.1. The molecule has 1 aromatic carbocycles. The molecule has 116 valence electrons. The van der Waals surface area contributed by atoms with Gasteiger partial charge in [0.15, 0.2) is 0 Å². The summed E-state index contributed by atoms with van der Waals surface area (Å²) in [5.41, 5.74) is 1.62. The molecule has 2 rings (SSSR count). The van der Waals surface area contributed by atoms with Crippen molar-refractivity contribution in [1.82, 2.24) is 5.32 Å². The fourth-order valence-electron chi connectivity index (χ4n) is 2.23. The number of carbonyl (C=O) groups is 1. The van der Waals surface area contributed by atoms with Crippen molar-refractivity contribution in [3.63, 3.8) is 0 Å². The molecule has 1 aromatic rings. The molecule has 0 radical (unpaired) electrons. The molecule has 0 spiro atoms. The second kappa shape index (κ2) is 7.40. The zero-order chi connectivity index (χ0) is 15.2. The monoisotopic (exact) mass is 294 g/mol. The second-order valence-corrected chi connectivity index (χ2v) is 5.29. The van der Waals surface area contributed by atoms with Crippen molar-refractivity contribution in [1.29, 1.82) is 0 Å². The van der Waals surface area contributed by atoms with Crippen molar-refractivity contribution >= 4 is 11.6 Å². The Morgan fingerprint density at radius 2 is 2.29 bits per heavy atom. The van der Waals surface area contributed by atoms with Gasteiger partial charge >= 0.3 is 0 Å².